The summed E-state index contributed by atoms with van der Waals surface area (Å²) < 4.78 is 26.0. The molecule has 0 aliphatic carbocycles. The molecule has 0 radical (unpaired) electrons. The summed E-state index contributed by atoms with van der Waals surface area (Å²) in [6.45, 7) is 3.10. The number of benzene rings is 3. The van der Waals surface area contributed by atoms with Gasteiger partial charge in [-0.05, 0) is 60.5 Å². The van der Waals surface area contributed by atoms with Gasteiger partial charge in [0.1, 0.15) is 18.2 Å². The summed E-state index contributed by atoms with van der Waals surface area (Å²) in [5.41, 5.74) is 4.31. The molecule has 0 aliphatic rings. The van der Waals surface area contributed by atoms with Gasteiger partial charge in [0.2, 0.25) is 0 Å². The Bertz CT molecular complexity index is 1250. The normalized spacial score (nSPS) is 11.0. The second-order valence-electron chi connectivity index (χ2n) is 7.64. The van der Waals surface area contributed by atoms with Crippen molar-refractivity contribution in [3.8, 4) is 17.0 Å². The fourth-order valence-corrected chi connectivity index (χ4v) is 3.44. The first-order chi connectivity index (χ1) is 16.6. The third-order valence-corrected chi connectivity index (χ3v) is 5.11. The van der Waals surface area contributed by atoms with E-state index in [0.717, 1.165) is 28.0 Å². The Kier molecular flexibility index (Phi) is 7.50. The van der Waals surface area contributed by atoms with Crippen molar-refractivity contribution in [1.29, 1.82) is 0 Å². The second kappa shape index (κ2) is 11.1. The van der Waals surface area contributed by atoms with Gasteiger partial charge < -0.3 is 9.47 Å². The van der Waals surface area contributed by atoms with Crippen LogP contribution in [0.4, 0.5) is 4.39 Å². The summed E-state index contributed by atoms with van der Waals surface area (Å²) in [6.07, 6.45) is 4.89. The monoisotopic (exact) mass is 456 g/mol. The summed E-state index contributed by atoms with van der Waals surface area (Å²) >= 11 is 0. The average Bonchev–Trinajstić information content (AvgIpc) is 3.26. The number of hydrogen-bond acceptors (Lipinski definition) is 4. The van der Waals surface area contributed by atoms with E-state index in [1.54, 1.807) is 29.8 Å². The molecule has 4 aromatic rings. The van der Waals surface area contributed by atoms with Crippen LogP contribution >= 0.6 is 0 Å². The predicted molar refractivity (Wildman–Crippen MR) is 130 cm³/mol. The summed E-state index contributed by atoms with van der Waals surface area (Å²) in [5, 5.41) is 4.69. The first-order valence-corrected chi connectivity index (χ1v) is 11.0. The molecule has 0 saturated heterocycles. The molecule has 1 heterocycles. The van der Waals surface area contributed by atoms with Crippen molar-refractivity contribution in [2.75, 3.05) is 6.61 Å². The van der Waals surface area contributed by atoms with Crippen molar-refractivity contribution in [2.24, 2.45) is 0 Å². The van der Waals surface area contributed by atoms with Crippen molar-refractivity contribution in [2.45, 2.75) is 20.1 Å². The Morgan fingerprint density at radius 1 is 0.971 bits per heavy atom. The molecule has 1 aromatic heterocycles. The Balaban J connectivity index is 1.50. The van der Waals surface area contributed by atoms with Crippen LogP contribution in [0.2, 0.25) is 0 Å². The van der Waals surface area contributed by atoms with Gasteiger partial charge in [0.15, 0.2) is 0 Å². The minimum atomic E-state index is -0.425. The number of nitrogens with zero attached hydrogens (tertiary/aromatic N) is 2. The topological polar surface area (TPSA) is 53.4 Å². The van der Waals surface area contributed by atoms with Gasteiger partial charge in [0.25, 0.3) is 0 Å². The molecular weight excluding hydrogens is 431 g/mol. The maximum absolute atomic E-state index is 13.4. The number of esters is 1. The molecule has 0 atom stereocenters. The molecule has 0 fully saturated rings. The van der Waals surface area contributed by atoms with E-state index >= 15 is 0 Å². The highest BCUT2D eigenvalue weighted by molar-refractivity contribution is 5.88. The Hall–Kier alpha value is -4.19. The van der Waals surface area contributed by atoms with E-state index in [1.807, 2.05) is 60.8 Å². The summed E-state index contributed by atoms with van der Waals surface area (Å²) in [6, 6.07) is 24.0. The van der Waals surface area contributed by atoms with E-state index < -0.39 is 5.97 Å². The van der Waals surface area contributed by atoms with Crippen LogP contribution in [0.5, 0.6) is 5.75 Å². The molecule has 0 aliphatic heterocycles. The highest BCUT2D eigenvalue weighted by atomic mass is 19.1. The molecule has 6 heteroatoms. The highest BCUT2D eigenvalue weighted by Crippen LogP contribution is 2.24. The van der Waals surface area contributed by atoms with Gasteiger partial charge in [0.05, 0.1) is 18.8 Å². The van der Waals surface area contributed by atoms with Crippen LogP contribution in [0, 0.1) is 5.82 Å². The molecule has 0 unspecified atom stereocenters. The lowest BCUT2D eigenvalue weighted by Gasteiger charge is -2.07. The SMILES string of the molecule is CCOC(=O)/C=C/c1cn(Cc2ccc(OCc3ccccc3)cc2)nc1-c1ccc(F)cc1. The fraction of sp³-hybridized carbons (Fsp3) is 0.143. The van der Waals surface area contributed by atoms with Gasteiger partial charge in [-0.15, -0.1) is 0 Å². The summed E-state index contributed by atoms with van der Waals surface area (Å²) in [4.78, 5) is 11.8. The van der Waals surface area contributed by atoms with E-state index in [0.29, 0.717) is 25.5 Å². The van der Waals surface area contributed by atoms with E-state index in [-0.39, 0.29) is 5.82 Å². The Morgan fingerprint density at radius 3 is 2.41 bits per heavy atom. The number of ether oxygens (including phenoxy) is 2. The maximum Gasteiger partial charge on any atom is 0.330 e. The Labute approximate surface area is 198 Å². The number of carbonyl (C=O) groups excluding carboxylic acids is 1. The third kappa shape index (κ3) is 6.19. The zero-order valence-corrected chi connectivity index (χ0v) is 18.9. The van der Waals surface area contributed by atoms with Crippen LogP contribution in [-0.2, 0) is 22.7 Å². The largest absolute Gasteiger partial charge is 0.489 e. The number of hydrogen-bond donors (Lipinski definition) is 0. The minimum absolute atomic E-state index is 0.304. The van der Waals surface area contributed by atoms with Crippen molar-refractivity contribution in [3.63, 3.8) is 0 Å². The highest BCUT2D eigenvalue weighted by Gasteiger charge is 2.11. The fourth-order valence-electron chi connectivity index (χ4n) is 3.44. The summed E-state index contributed by atoms with van der Waals surface area (Å²) in [5.74, 6) is 0.0471. The molecule has 0 N–H and O–H groups in total. The molecule has 172 valence electrons. The van der Waals surface area contributed by atoms with Crippen molar-refractivity contribution >= 4 is 12.0 Å². The van der Waals surface area contributed by atoms with E-state index in [9.17, 15) is 9.18 Å². The molecule has 0 saturated carbocycles. The number of halogens is 1. The first kappa shape index (κ1) is 23.0. The summed E-state index contributed by atoms with van der Waals surface area (Å²) in [7, 11) is 0. The van der Waals surface area contributed by atoms with Crippen LogP contribution in [0.1, 0.15) is 23.6 Å². The van der Waals surface area contributed by atoms with Crippen LogP contribution in [0.25, 0.3) is 17.3 Å². The quantitative estimate of drug-likeness (QED) is 0.233. The molecule has 3 aromatic carbocycles. The molecule has 0 spiro atoms. The van der Waals surface area contributed by atoms with Gasteiger partial charge in [-0.2, -0.15) is 5.10 Å². The van der Waals surface area contributed by atoms with Crippen molar-refractivity contribution in [3.05, 3.63) is 114 Å². The predicted octanol–water partition coefficient (Wildman–Crippen LogP) is 5.89. The van der Waals surface area contributed by atoms with Crippen molar-refractivity contribution in [1.82, 2.24) is 9.78 Å². The molecule has 0 amide bonds. The van der Waals surface area contributed by atoms with Crippen molar-refractivity contribution < 1.29 is 18.7 Å². The zero-order chi connectivity index (χ0) is 23.8. The molecular formula is C28H25FN2O3. The maximum atomic E-state index is 13.4. The van der Waals surface area contributed by atoms with E-state index in [4.69, 9.17) is 9.47 Å². The molecule has 0 bridgehead atoms. The molecule has 5 nitrogen and oxygen atoms in total. The lowest BCUT2D eigenvalue weighted by molar-refractivity contribution is -0.137. The third-order valence-electron chi connectivity index (χ3n) is 5.11. The number of aromatic nitrogens is 2. The van der Waals surface area contributed by atoms with Gasteiger partial charge in [-0.25, -0.2) is 9.18 Å². The van der Waals surface area contributed by atoms with Crippen LogP contribution in [-0.4, -0.2) is 22.4 Å². The first-order valence-electron chi connectivity index (χ1n) is 11.0. The molecule has 4 rings (SSSR count). The number of rotatable bonds is 9. The number of carbonyl (C=O) groups is 1. The minimum Gasteiger partial charge on any atom is -0.489 e. The zero-order valence-electron chi connectivity index (χ0n) is 18.9. The lowest BCUT2D eigenvalue weighted by Crippen LogP contribution is -2.01. The van der Waals surface area contributed by atoms with Crippen LogP contribution in [0.3, 0.4) is 0 Å². The van der Waals surface area contributed by atoms with Crippen LogP contribution < -0.4 is 4.74 Å². The van der Waals surface area contributed by atoms with E-state index in [2.05, 4.69) is 5.10 Å². The van der Waals surface area contributed by atoms with Crippen LogP contribution in [0.15, 0.2) is 91.1 Å². The average molecular weight is 457 g/mol. The van der Waals surface area contributed by atoms with E-state index in [1.165, 1.54) is 18.2 Å². The smallest absolute Gasteiger partial charge is 0.330 e. The second-order valence-corrected chi connectivity index (χ2v) is 7.64. The molecule has 34 heavy (non-hydrogen) atoms. The Morgan fingerprint density at radius 2 is 1.71 bits per heavy atom. The standard InChI is InChI=1S/C28H25FN2O3/c1-2-33-27(32)17-12-24-19-31(30-28(24)23-10-13-25(29)14-11-23)18-21-8-15-26(16-9-21)34-20-22-6-4-3-5-7-22/h3-17,19H,2,18,20H2,1H3/b17-12+. The van der Waals surface area contributed by atoms with Gasteiger partial charge in [0, 0.05) is 23.4 Å². The van der Waals surface area contributed by atoms with Gasteiger partial charge >= 0.3 is 5.97 Å². The lowest BCUT2D eigenvalue weighted by atomic mass is 10.1. The van der Waals surface area contributed by atoms with Gasteiger partial charge in [-0.3, -0.25) is 4.68 Å². The van der Waals surface area contributed by atoms with Gasteiger partial charge in [-0.1, -0.05) is 42.5 Å².